The van der Waals surface area contributed by atoms with E-state index in [1.165, 1.54) is 6.92 Å². The molecule has 2 atom stereocenters. The molecule has 0 radical (unpaired) electrons. The Morgan fingerprint density at radius 2 is 1.64 bits per heavy atom. The number of hydrogen-bond acceptors (Lipinski definition) is 7. The predicted octanol–water partition coefficient (Wildman–Crippen LogP) is 1.46. The van der Waals surface area contributed by atoms with E-state index in [0.29, 0.717) is 6.29 Å². The first-order valence-corrected chi connectivity index (χ1v) is 7.46. The van der Waals surface area contributed by atoms with E-state index in [1.807, 2.05) is 6.07 Å². The van der Waals surface area contributed by atoms with Crippen molar-refractivity contribution < 1.29 is 38.5 Å². The molecule has 1 N–H and O–H groups in total. The SMILES string of the molecule is C[C@](C=O)(OCc1ccccc1)O[C@](C)(C=O)OC(=O)CCC(=O)O. The molecule has 8 nitrogen and oxygen atoms in total. The van der Waals surface area contributed by atoms with Gasteiger partial charge in [-0.2, -0.15) is 0 Å². The number of hydrogen-bond donors (Lipinski definition) is 1. The van der Waals surface area contributed by atoms with E-state index >= 15 is 0 Å². The van der Waals surface area contributed by atoms with Crippen molar-refractivity contribution in [2.45, 2.75) is 44.9 Å². The number of aldehydes is 2. The highest BCUT2D eigenvalue weighted by Crippen LogP contribution is 2.22. The molecular formula is C17H20O8. The second-order valence-corrected chi connectivity index (χ2v) is 5.51. The van der Waals surface area contributed by atoms with Gasteiger partial charge in [-0.15, -0.1) is 0 Å². The average Bonchev–Trinajstić information content (AvgIpc) is 2.59. The summed E-state index contributed by atoms with van der Waals surface area (Å²) in [7, 11) is 0. The average molecular weight is 352 g/mol. The van der Waals surface area contributed by atoms with E-state index in [9.17, 15) is 19.2 Å². The van der Waals surface area contributed by atoms with Crippen LogP contribution in [-0.4, -0.2) is 41.2 Å². The van der Waals surface area contributed by atoms with Crippen molar-refractivity contribution in [1.29, 1.82) is 0 Å². The highest BCUT2D eigenvalue weighted by atomic mass is 16.8. The minimum absolute atomic E-state index is 0.0258. The lowest BCUT2D eigenvalue weighted by atomic mass is 10.2. The Bertz CT molecular complexity index is 614. The molecule has 0 aromatic heterocycles. The highest BCUT2D eigenvalue weighted by Gasteiger charge is 2.40. The molecule has 0 aliphatic heterocycles. The fourth-order valence-electron chi connectivity index (χ4n) is 1.85. The molecule has 0 spiro atoms. The molecule has 136 valence electrons. The summed E-state index contributed by atoms with van der Waals surface area (Å²) in [4.78, 5) is 44.7. The third-order valence-corrected chi connectivity index (χ3v) is 3.06. The standard InChI is InChI=1S/C17H20O8/c1-16(11-18,23-10-13-6-4-3-5-7-13)25-17(2,12-19)24-15(22)9-8-14(20)21/h3-7,11-12H,8-10H2,1-2H3,(H,20,21)/t16-,17+/m0/s1. The number of carboxylic acid groups (broad SMARTS) is 1. The molecule has 0 fully saturated rings. The van der Waals surface area contributed by atoms with Crippen LogP contribution in [0.3, 0.4) is 0 Å². The van der Waals surface area contributed by atoms with Crippen LogP contribution in [-0.2, 0) is 40.0 Å². The molecule has 1 rings (SSSR count). The number of rotatable bonds is 11. The van der Waals surface area contributed by atoms with Gasteiger partial charge in [0.25, 0.3) is 5.79 Å². The Balaban J connectivity index is 2.72. The number of benzene rings is 1. The number of carbonyl (C=O) groups is 4. The number of esters is 1. The molecule has 8 heteroatoms. The third-order valence-electron chi connectivity index (χ3n) is 3.06. The van der Waals surface area contributed by atoms with E-state index < -0.39 is 36.4 Å². The van der Waals surface area contributed by atoms with Crippen LogP contribution in [0.4, 0.5) is 0 Å². The predicted molar refractivity (Wildman–Crippen MR) is 84.2 cm³/mol. The summed E-state index contributed by atoms with van der Waals surface area (Å²) in [6, 6.07) is 8.94. The maximum atomic E-state index is 11.6. The molecule has 0 aliphatic carbocycles. The van der Waals surface area contributed by atoms with E-state index in [1.54, 1.807) is 24.3 Å². The minimum Gasteiger partial charge on any atom is -0.481 e. The van der Waals surface area contributed by atoms with Gasteiger partial charge < -0.3 is 14.6 Å². The molecule has 0 unspecified atom stereocenters. The van der Waals surface area contributed by atoms with Crippen molar-refractivity contribution in [1.82, 2.24) is 0 Å². The second-order valence-electron chi connectivity index (χ2n) is 5.51. The molecule has 25 heavy (non-hydrogen) atoms. The van der Waals surface area contributed by atoms with E-state index in [4.69, 9.17) is 19.3 Å². The van der Waals surface area contributed by atoms with Gasteiger partial charge in [0, 0.05) is 6.92 Å². The highest BCUT2D eigenvalue weighted by molar-refractivity contribution is 5.78. The smallest absolute Gasteiger partial charge is 0.309 e. The largest absolute Gasteiger partial charge is 0.481 e. The second kappa shape index (κ2) is 9.05. The topological polar surface area (TPSA) is 116 Å². The molecular weight excluding hydrogens is 332 g/mol. The zero-order chi connectivity index (χ0) is 18.9. The molecule has 1 aromatic carbocycles. The molecule has 0 saturated carbocycles. The van der Waals surface area contributed by atoms with Gasteiger partial charge in [-0.05, 0) is 12.5 Å². The van der Waals surface area contributed by atoms with Crippen LogP contribution >= 0.6 is 0 Å². The number of carbonyl (C=O) groups excluding carboxylic acids is 3. The molecule has 1 aromatic rings. The van der Waals surface area contributed by atoms with Gasteiger partial charge in [0.15, 0.2) is 12.6 Å². The van der Waals surface area contributed by atoms with Crippen LogP contribution in [0.25, 0.3) is 0 Å². The molecule has 0 saturated heterocycles. The Labute approximate surface area is 144 Å². The maximum absolute atomic E-state index is 11.6. The summed E-state index contributed by atoms with van der Waals surface area (Å²) < 4.78 is 15.5. The number of carboxylic acids is 1. The van der Waals surface area contributed by atoms with Crippen molar-refractivity contribution in [2.24, 2.45) is 0 Å². The number of ether oxygens (including phenoxy) is 3. The van der Waals surface area contributed by atoms with Gasteiger partial charge >= 0.3 is 11.9 Å². The molecule has 0 aliphatic rings. The van der Waals surface area contributed by atoms with Crippen LogP contribution < -0.4 is 0 Å². The minimum atomic E-state index is -2.10. The molecule has 0 bridgehead atoms. The Hall–Kier alpha value is -2.58. The lowest BCUT2D eigenvalue weighted by Crippen LogP contribution is -2.47. The zero-order valence-corrected chi connectivity index (χ0v) is 14.0. The summed E-state index contributed by atoms with van der Waals surface area (Å²) >= 11 is 0. The Morgan fingerprint density at radius 3 is 2.16 bits per heavy atom. The quantitative estimate of drug-likeness (QED) is 0.361. The van der Waals surface area contributed by atoms with Crippen LogP contribution in [0.5, 0.6) is 0 Å². The van der Waals surface area contributed by atoms with Gasteiger partial charge in [0.2, 0.25) is 5.79 Å². The van der Waals surface area contributed by atoms with Crippen molar-refractivity contribution >= 4 is 24.5 Å². The van der Waals surface area contributed by atoms with Gasteiger partial charge in [0.1, 0.15) is 0 Å². The molecule has 0 heterocycles. The molecule has 0 amide bonds. The van der Waals surface area contributed by atoms with E-state index in [0.717, 1.165) is 12.5 Å². The fraction of sp³-hybridized carbons (Fsp3) is 0.412. The first kappa shape index (κ1) is 20.5. The Kier molecular flexibility index (Phi) is 7.41. The van der Waals surface area contributed by atoms with E-state index in [-0.39, 0.29) is 12.9 Å². The van der Waals surface area contributed by atoms with Crippen molar-refractivity contribution in [2.75, 3.05) is 0 Å². The Morgan fingerprint density at radius 1 is 1.04 bits per heavy atom. The number of aliphatic carboxylic acids is 1. The lowest BCUT2D eigenvalue weighted by molar-refractivity contribution is -0.304. The maximum Gasteiger partial charge on any atom is 0.309 e. The third kappa shape index (κ3) is 7.23. The van der Waals surface area contributed by atoms with Gasteiger partial charge in [-0.1, -0.05) is 30.3 Å². The lowest BCUT2D eigenvalue weighted by Gasteiger charge is -2.32. The first-order valence-electron chi connectivity index (χ1n) is 7.46. The van der Waals surface area contributed by atoms with Gasteiger partial charge in [-0.25, -0.2) is 0 Å². The summed E-state index contributed by atoms with van der Waals surface area (Å²) in [6.45, 7) is 2.43. The summed E-state index contributed by atoms with van der Waals surface area (Å²) in [5, 5.41) is 8.55. The monoisotopic (exact) mass is 352 g/mol. The van der Waals surface area contributed by atoms with Crippen LogP contribution in [0.2, 0.25) is 0 Å². The van der Waals surface area contributed by atoms with Crippen molar-refractivity contribution in [3.8, 4) is 0 Å². The normalized spacial score (nSPS) is 15.4. The van der Waals surface area contributed by atoms with Crippen LogP contribution in [0.1, 0.15) is 32.3 Å². The van der Waals surface area contributed by atoms with Crippen molar-refractivity contribution in [3.05, 3.63) is 35.9 Å². The van der Waals surface area contributed by atoms with Crippen LogP contribution in [0.15, 0.2) is 30.3 Å². The van der Waals surface area contributed by atoms with Crippen LogP contribution in [0, 0.1) is 0 Å². The fourth-order valence-corrected chi connectivity index (χ4v) is 1.85. The van der Waals surface area contributed by atoms with Gasteiger partial charge in [0.05, 0.1) is 19.4 Å². The summed E-state index contributed by atoms with van der Waals surface area (Å²) in [5.41, 5.74) is 0.769. The van der Waals surface area contributed by atoms with Crippen molar-refractivity contribution in [3.63, 3.8) is 0 Å². The zero-order valence-electron chi connectivity index (χ0n) is 14.0. The van der Waals surface area contributed by atoms with E-state index in [2.05, 4.69) is 0 Å². The first-order chi connectivity index (χ1) is 11.7. The van der Waals surface area contributed by atoms with Gasteiger partial charge in [-0.3, -0.25) is 23.9 Å². The summed E-state index contributed by atoms with van der Waals surface area (Å²) in [5.74, 6) is -6.08. The summed E-state index contributed by atoms with van der Waals surface area (Å²) in [6.07, 6.45) is -0.365.